The van der Waals surface area contributed by atoms with E-state index >= 15 is 0 Å². The Bertz CT molecular complexity index is 1420. The molecular formula is C24H17FN6OS2. The third-order valence-corrected chi connectivity index (χ3v) is 6.60. The predicted octanol–water partition coefficient (Wildman–Crippen LogP) is 5.32. The molecule has 1 amide bonds. The summed E-state index contributed by atoms with van der Waals surface area (Å²) in [5.74, 6) is -0.214. The van der Waals surface area contributed by atoms with Crippen molar-refractivity contribution in [3.05, 3.63) is 90.7 Å². The summed E-state index contributed by atoms with van der Waals surface area (Å²) >= 11 is 2.51. The second-order valence-corrected chi connectivity index (χ2v) is 8.99. The largest absolute Gasteiger partial charge is 0.300 e. The van der Waals surface area contributed by atoms with E-state index in [0.29, 0.717) is 21.7 Å². The summed E-state index contributed by atoms with van der Waals surface area (Å²) in [6, 6.07) is 25.4. The highest BCUT2D eigenvalue weighted by Gasteiger charge is 2.19. The molecule has 3 aromatic carbocycles. The van der Waals surface area contributed by atoms with Crippen LogP contribution in [0.4, 0.5) is 9.52 Å². The van der Waals surface area contributed by atoms with Gasteiger partial charge in [-0.25, -0.2) is 4.39 Å². The van der Waals surface area contributed by atoms with Gasteiger partial charge in [-0.2, -0.15) is 0 Å². The van der Waals surface area contributed by atoms with Crippen molar-refractivity contribution in [2.45, 2.75) is 5.16 Å². The first-order chi connectivity index (χ1) is 16.7. The number of hydrogen-bond donors (Lipinski definition) is 1. The van der Waals surface area contributed by atoms with E-state index in [4.69, 9.17) is 0 Å². The van der Waals surface area contributed by atoms with Gasteiger partial charge in [-0.15, -0.1) is 20.4 Å². The van der Waals surface area contributed by atoms with Crippen molar-refractivity contribution in [3.8, 4) is 27.6 Å². The number of amides is 1. The number of nitrogens with one attached hydrogen (secondary N) is 1. The number of thioether (sulfide) groups is 1. The minimum atomic E-state index is -0.396. The van der Waals surface area contributed by atoms with Gasteiger partial charge in [0, 0.05) is 11.3 Å². The van der Waals surface area contributed by atoms with E-state index in [0.717, 1.165) is 16.3 Å². The monoisotopic (exact) mass is 488 g/mol. The Morgan fingerprint density at radius 2 is 1.59 bits per heavy atom. The molecule has 168 valence electrons. The van der Waals surface area contributed by atoms with Gasteiger partial charge in [0.25, 0.3) is 0 Å². The quantitative estimate of drug-likeness (QED) is 0.312. The summed E-state index contributed by atoms with van der Waals surface area (Å²) in [6.07, 6.45) is 0. The highest BCUT2D eigenvalue weighted by molar-refractivity contribution is 7.99. The number of para-hydroxylation sites is 1. The first kappa shape index (κ1) is 21.9. The molecule has 2 aromatic heterocycles. The summed E-state index contributed by atoms with van der Waals surface area (Å²) in [5.41, 5.74) is 2.04. The minimum Gasteiger partial charge on any atom is -0.300 e. The number of carbonyl (C=O) groups excluding carboxylic acids is 1. The molecule has 0 fully saturated rings. The Hall–Kier alpha value is -3.89. The average Bonchev–Trinajstić information content (AvgIpc) is 3.51. The third-order valence-electron chi connectivity index (χ3n) is 4.79. The van der Waals surface area contributed by atoms with Gasteiger partial charge < -0.3 is 0 Å². The summed E-state index contributed by atoms with van der Waals surface area (Å²) in [5, 5.41) is 21.1. The topological polar surface area (TPSA) is 85.6 Å². The van der Waals surface area contributed by atoms with Gasteiger partial charge in [0.2, 0.25) is 11.0 Å². The molecule has 5 aromatic rings. The van der Waals surface area contributed by atoms with Crippen LogP contribution in [0.3, 0.4) is 0 Å². The van der Waals surface area contributed by atoms with Gasteiger partial charge in [-0.1, -0.05) is 83.8 Å². The molecule has 1 N–H and O–H groups in total. The van der Waals surface area contributed by atoms with Crippen molar-refractivity contribution in [1.82, 2.24) is 25.0 Å². The van der Waals surface area contributed by atoms with Gasteiger partial charge in [0.05, 0.1) is 11.3 Å². The maximum atomic E-state index is 14.5. The van der Waals surface area contributed by atoms with E-state index in [9.17, 15) is 9.18 Å². The molecule has 0 bridgehead atoms. The van der Waals surface area contributed by atoms with Crippen molar-refractivity contribution >= 4 is 34.1 Å². The molecule has 0 aliphatic carbocycles. The van der Waals surface area contributed by atoms with Crippen LogP contribution in [0, 0.1) is 5.82 Å². The van der Waals surface area contributed by atoms with Crippen molar-refractivity contribution in [1.29, 1.82) is 0 Å². The molecule has 0 aliphatic heterocycles. The molecule has 0 spiro atoms. The Balaban J connectivity index is 1.34. The van der Waals surface area contributed by atoms with Crippen LogP contribution in [-0.2, 0) is 4.79 Å². The van der Waals surface area contributed by atoms with Crippen molar-refractivity contribution < 1.29 is 9.18 Å². The molecule has 0 aliphatic rings. The first-order valence-electron chi connectivity index (χ1n) is 10.3. The fourth-order valence-electron chi connectivity index (χ4n) is 3.25. The van der Waals surface area contributed by atoms with Crippen LogP contribution in [0.25, 0.3) is 27.6 Å². The molecule has 0 atom stereocenters. The maximum absolute atomic E-state index is 14.5. The molecule has 2 heterocycles. The zero-order valence-electron chi connectivity index (χ0n) is 17.6. The number of benzene rings is 3. The molecule has 0 radical (unpaired) electrons. The van der Waals surface area contributed by atoms with Gasteiger partial charge >= 0.3 is 0 Å². The lowest BCUT2D eigenvalue weighted by Crippen LogP contribution is -2.14. The fourth-order valence-corrected chi connectivity index (χ4v) is 4.76. The summed E-state index contributed by atoms with van der Waals surface area (Å²) in [4.78, 5) is 12.6. The Kier molecular flexibility index (Phi) is 6.41. The molecule has 0 saturated carbocycles. The number of anilines is 1. The maximum Gasteiger partial charge on any atom is 0.236 e. The number of nitrogens with zero attached hydrogens (tertiary/aromatic N) is 5. The van der Waals surface area contributed by atoms with Gasteiger partial charge in [-0.3, -0.25) is 14.7 Å². The standard InChI is InChI=1S/C24H17FN6OS2/c25-19-14-8-7-13-18(19)21-27-30-24(31(21)17-11-5-2-6-12-17)33-15-20(32)26-23-29-28-22(34-23)16-9-3-1-4-10-16/h1-14H,15H2,(H,26,29,32). The lowest BCUT2D eigenvalue weighted by molar-refractivity contribution is -0.113. The molecular weight excluding hydrogens is 471 g/mol. The zero-order chi connectivity index (χ0) is 23.3. The van der Waals surface area contributed by atoms with Gasteiger partial charge in [-0.05, 0) is 24.3 Å². The summed E-state index contributed by atoms with van der Waals surface area (Å²) < 4.78 is 16.2. The Morgan fingerprint density at radius 3 is 2.35 bits per heavy atom. The van der Waals surface area contributed by atoms with E-state index < -0.39 is 5.82 Å². The minimum absolute atomic E-state index is 0.0719. The zero-order valence-corrected chi connectivity index (χ0v) is 19.3. The SMILES string of the molecule is O=C(CSc1nnc(-c2ccccc2F)n1-c1ccccc1)Nc1nnc(-c2ccccc2)s1. The number of hydrogen-bond acceptors (Lipinski definition) is 7. The Morgan fingerprint density at radius 1 is 0.882 bits per heavy atom. The molecule has 0 unspecified atom stereocenters. The van der Waals surface area contributed by atoms with Crippen LogP contribution >= 0.6 is 23.1 Å². The van der Waals surface area contributed by atoms with Crippen LogP contribution < -0.4 is 5.32 Å². The summed E-state index contributed by atoms with van der Waals surface area (Å²) in [6.45, 7) is 0. The normalized spacial score (nSPS) is 10.9. The smallest absolute Gasteiger partial charge is 0.236 e. The van der Waals surface area contributed by atoms with Crippen molar-refractivity contribution in [3.63, 3.8) is 0 Å². The first-order valence-corrected chi connectivity index (χ1v) is 12.1. The molecule has 5 rings (SSSR count). The number of halogens is 1. The lowest BCUT2D eigenvalue weighted by atomic mass is 10.2. The van der Waals surface area contributed by atoms with Gasteiger partial charge in [0.1, 0.15) is 10.8 Å². The second kappa shape index (κ2) is 9.94. The van der Waals surface area contributed by atoms with E-state index in [2.05, 4.69) is 25.7 Å². The summed E-state index contributed by atoms with van der Waals surface area (Å²) in [7, 11) is 0. The number of aromatic nitrogens is 5. The Labute approximate surface area is 202 Å². The van der Waals surface area contributed by atoms with Crippen molar-refractivity contribution in [2.75, 3.05) is 11.1 Å². The van der Waals surface area contributed by atoms with Gasteiger partial charge in [0.15, 0.2) is 11.0 Å². The molecule has 7 nitrogen and oxygen atoms in total. The molecule has 10 heteroatoms. The fraction of sp³-hybridized carbons (Fsp3) is 0.0417. The predicted molar refractivity (Wildman–Crippen MR) is 131 cm³/mol. The highest BCUT2D eigenvalue weighted by Crippen LogP contribution is 2.30. The second-order valence-electron chi connectivity index (χ2n) is 7.07. The molecule has 0 saturated heterocycles. The van der Waals surface area contributed by atoms with Crippen LogP contribution in [0.15, 0.2) is 90.1 Å². The van der Waals surface area contributed by atoms with E-state index in [-0.39, 0.29) is 11.7 Å². The highest BCUT2D eigenvalue weighted by atomic mass is 32.2. The van der Waals surface area contributed by atoms with Crippen molar-refractivity contribution in [2.24, 2.45) is 0 Å². The number of carbonyl (C=O) groups is 1. The third kappa shape index (κ3) is 4.73. The van der Waals surface area contributed by atoms with E-state index in [1.165, 1.54) is 29.2 Å². The average molecular weight is 489 g/mol. The number of rotatable bonds is 7. The van der Waals surface area contributed by atoms with Crippen LogP contribution in [0.1, 0.15) is 0 Å². The molecule has 34 heavy (non-hydrogen) atoms. The van der Waals surface area contributed by atoms with Crippen LogP contribution in [0.5, 0.6) is 0 Å². The van der Waals surface area contributed by atoms with E-state index in [1.807, 2.05) is 60.7 Å². The van der Waals surface area contributed by atoms with E-state index in [1.54, 1.807) is 22.8 Å². The van der Waals surface area contributed by atoms with Crippen LogP contribution in [0.2, 0.25) is 0 Å². The lowest BCUT2D eigenvalue weighted by Gasteiger charge is -2.10. The van der Waals surface area contributed by atoms with Crippen LogP contribution in [-0.4, -0.2) is 36.6 Å².